The molecule has 0 atom stereocenters. The van der Waals surface area contributed by atoms with Crippen LogP contribution in [0.1, 0.15) is 5.56 Å². The van der Waals surface area contributed by atoms with Crippen LogP contribution >= 0.6 is 11.6 Å². The lowest BCUT2D eigenvalue weighted by Crippen LogP contribution is -1.77. The average molecular weight is 243 g/mol. The summed E-state index contributed by atoms with van der Waals surface area (Å²) in [4.78, 5) is 0. The average Bonchev–Trinajstić information content (AvgIpc) is 2.74. The van der Waals surface area contributed by atoms with Gasteiger partial charge < -0.3 is 4.42 Å². The lowest BCUT2D eigenvalue weighted by atomic mass is 10.0. The van der Waals surface area contributed by atoms with Crippen LogP contribution in [0.2, 0.25) is 5.02 Å². The number of benzene rings is 2. The van der Waals surface area contributed by atoms with E-state index in [0.29, 0.717) is 0 Å². The molecule has 0 radical (unpaired) electrons. The van der Waals surface area contributed by atoms with Crippen molar-refractivity contribution < 1.29 is 4.42 Å². The lowest BCUT2D eigenvalue weighted by molar-refractivity contribution is 0.614. The Balaban J connectivity index is 2.32. The van der Waals surface area contributed by atoms with Crippen molar-refractivity contribution in [1.29, 1.82) is 0 Å². The molecule has 0 saturated heterocycles. The second-order valence-corrected chi connectivity index (χ2v) is 4.55. The zero-order valence-electron chi connectivity index (χ0n) is 9.41. The first-order chi connectivity index (χ1) is 8.25. The zero-order valence-corrected chi connectivity index (χ0v) is 10.2. The van der Waals surface area contributed by atoms with Crippen LogP contribution < -0.4 is 0 Å². The fourth-order valence-corrected chi connectivity index (χ4v) is 2.38. The predicted octanol–water partition coefficient (Wildman–Crippen LogP) is 5.06. The molecule has 0 spiro atoms. The van der Waals surface area contributed by atoms with E-state index in [4.69, 9.17) is 16.0 Å². The van der Waals surface area contributed by atoms with E-state index in [2.05, 4.69) is 12.1 Å². The van der Waals surface area contributed by atoms with Gasteiger partial charge in [-0.15, -0.1) is 0 Å². The Morgan fingerprint density at radius 1 is 1.06 bits per heavy atom. The molecule has 0 amide bonds. The maximum absolute atomic E-state index is 6.10. The minimum Gasteiger partial charge on any atom is -0.463 e. The minimum atomic E-state index is 0.744. The summed E-state index contributed by atoms with van der Waals surface area (Å²) in [7, 11) is 0. The first kappa shape index (κ1) is 10.4. The number of hydrogen-bond donors (Lipinski definition) is 0. The van der Waals surface area contributed by atoms with E-state index in [0.717, 1.165) is 32.7 Å². The summed E-state index contributed by atoms with van der Waals surface area (Å²) in [5.41, 5.74) is 4.21. The summed E-state index contributed by atoms with van der Waals surface area (Å²) >= 11 is 6.10. The summed E-state index contributed by atoms with van der Waals surface area (Å²) in [6, 6.07) is 14.1. The predicted molar refractivity (Wildman–Crippen MR) is 71.4 cm³/mol. The van der Waals surface area contributed by atoms with Gasteiger partial charge in [0, 0.05) is 16.0 Å². The molecule has 0 unspecified atom stereocenters. The van der Waals surface area contributed by atoms with Gasteiger partial charge in [0.05, 0.1) is 6.26 Å². The van der Waals surface area contributed by atoms with Crippen molar-refractivity contribution in [3.8, 4) is 11.1 Å². The van der Waals surface area contributed by atoms with Gasteiger partial charge in [-0.2, -0.15) is 0 Å². The van der Waals surface area contributed by atoms with Crippen LogP contribution in [-0.2, 0) is 0 Å². The largest absolute Gasteiger partial charge is 0.463 e. The molecule has 1 heterocycles. The molecule has 0 aliphatic carbocycles. The fourth-order valence-electron chi connectivity index (χ4n) is 2.11. The van der Waals surface area contributed by atoms with Crippen LogP contribution in [0.4, 0.5) is 0 Å². The molecule has 1 aromatic heterocycles. The molecular formula is C15H11ClO. The number of furan rings is 1. The van der Waals surface area contributed by atoms with Gasteiger partial charge in [0.15, 0.2) is 0 Å². The standard InChI is InChI=1S/C15H11ClO/c1-10-7-12(16)8-13-14(9-17-15(10)13)11-5-3-2-4-6-11/h2-9H,1H3. The van der Waals surface area contributed by atoms with Crippen molar-refractivity contribution in [3.63, 3.8) is 0 Å². The van der Waals surface area contributed by atoms with E-state index in [-0.39, 0.29) is 0 Å². The lowest BCUT2D eigenvalue weighted by Gasteiger charge is -2.00. The SMILES string of the molecule is Cc1cc(Cl)cc2c(-c3ccccc3)coc12. The van der Waals surface area contributed by atoms with E-state index in [9.17, 15) is 0 Å². The quantitative estimate of drug-likeness (QED) is 0.581. The Hall–Kier alpha value is -1.73. The van der Waals surface area contributed by atoms with E-state index < -0.39 is 0 Å². The van der Waals surface area contributed by atoms with Gasteiger partial charge in [0.2, 0.25) is 0 Å². The van der Waals surface area contributed by atoms with Crippen molar-refractivity contribution in [1.82, 2.24) is 0 Å². The van der Waals surface area contributed by atoms with Gasteiger partial charge in [-0.05, 0) is 30.2 Å². The number of halogens is 1. The molecule has 0 aliphatic rings. The van der Waals surface area contributed by atoms with Gasteiger partial charge in [0.25, 0.3) is 0 Å². The molecule has 1 nitrogen and oxygen atoms in total. The Bertz CT molecular complexity index is 668. The Labute approximate surface area is 105 Å². The molecule has 0 bridgehead atoms. The maximum atomic E-state index is 6.10. The van der Waals surface area contributed by atoms with E-state index in [1.54, 1.807) is 6.26 Å². The second kappa shape index (κ2) is 3.94. The molecular weight excluding hydrogens is 232 g/mol. The van der Waals surface area contributed by atoms with Crippen LogP contribution in [-0.4, -0.2) is 0 Å². The van der Waals surface area contributed by atoms with E-state index in [1.165, 1.54) is 0 Å². The number of fused-ring (bicyclic) bond motifs is 1. The first-order valence-corrected chi connectivity index (χ1v) is 5.86. The highest BCUT2D eigenvalue weighted by atomic mass is 35.5. The molecule has 84 valence electrons. The normalized spacial score (nSPS) is 10.9. The molecule has 2 aromatic carbocycles. The third-order valence-electron chi connectivity index (χ3n) is 2.91. The molecule has 0 saturated carbocycles. The summed E-state index contributed by atoms with van der Waals surface area (Å²) in [5.74, 6) is 0. The third-order valence-corrected chi connectivity index (χ3v) is 3.13. The third kappa shape index (κ3) is 1.73. The highest BCUT2D eigenvalue weighted by Crippen LogP contribution is 2.34. The second-order valence-electron chi connectivity index (χ2n) is 4.11. The van der Waals surface area contributed by atoms with Crippen LogP contribution in [0.15, 0.2) is 53.1 Å². The van der Waals surface area contributed by atoms with Gasteiger partial charge in [-0.25, -0.2) is 0 Å². The van der Waals surface area contributed by atoms with E-state index in [1.807, 2.05) is 37.3 Å². The highest BCUT2D eigenvalue weighted by Gasteiger charge is 2.10. The topological polar surface area (TPSA) is 13.1 Å². The summed E-state index contributed by atoms with van der Waals surface area (Å²) in [5, 5.41) is 1.81. The van der Waals surface area contributed by atoms with Crippen LogP contribution in [0.25, 0.3) is 22.1 Å². The molecule has 0 aliphatic heterocycles. The minimum absolute atomic E-state index is 0.744. The fraction of sp³-hybridized carbons (Fsp3) is 0.0667. The Morgan fingerprint density at radius 2 is 1.82 bits per heavy atom. The van der Waals surface area contributed by atoms with Crippen LogP contribution in [0, 0.1) is 6.92 Å². The van der Waals surface area contributed by atoms with Gasteiger partial charge in [-0.1, -0.05) is 41.9 Å². The summed E-state index contributed by atoms with van der Waals surface area (Å²) < 4.78 is 5.63. The van der Waals surface area contributed by atoms with Crippen molar-refractivity contribution in [3.05, 3.63) is 59.3 Å². The number of hydrogen-bond acceptors (Lipinski definition) is 1. The van der Waals surface area contributed by atoms with Gasteiger partial charge in [0.1, 0.15) is 5.58 Å². The zero-order chi connectivity index (χ0) is 11.8. The summed E-state index contributed by atoms with van der Waals surface area (Å²) in [6.45, 7) is 2.01. The molecule has 0 N–H and O–H groups in total. The van der Waals surface area contributed by atoms with Crippen molar-refractivity contribution in [2.75, 3.05) is 0 Å². The van der Waals surface area contributed by atoms with Crippen molar-refractivity contribution in [2.24, 2.45) is 0 Å². The Kier molecular flexibility index (Phi) is 2.41. The molecule has 0 fully saturated rings. The molecule has 3 aromatic rings. The van der Waals surface area contributed by atoms with Gasteiger partial charge >= 0.3 is 0 Å². The number of aryl methyl sites for hydroxylation is 1. The molecule has 3 rings (SSSR count). The Morgan fingerprint density at radius 3 is 2.59 bits per heavy atom. The van der Waals surface area contributed by atoms with Gasteiger partial charge in [-0.3, -0.25) is 0 Å². The first-order valence-electron chi connectivity index (χ1n) is 5.48. The smallest absolute Gasteiger partial charge is 0.137 e. The monoisotopic (exact) mass is 242 g/mol. The number of rotatable bonds is 1. The molecule has 2 heteroatoms. The van der Waals surface area contributed by atoms with Crippen LogP contribution in [0.5, 0.6) is 0 Å². The molecule has 17 heavy (non-hydrogen) atoms. The van der Waals surface area contributed by atoms with Crippen molar-refractivity contribution in [2.45, 2.75) is 6.92 Å². The highest BCUT2D eigenvalue weighted by molar-refractivity contribution is 6.31. The maximum Gasteiger partial charge on any atom is 0.137 e. The van der Waals surface area contributed by atoms with Crippen molar-refractivity contribution >= 4 is 22.6 Å². The summed E-state index contributed by atoms with van der Waals surface area (Å²) in [6.07, 6.45) is 1.79. The van der Waals surface area contributed by atoms with Crippen LogP contribution in [0.3, 0.4) is 0 Å². The van der Waals surface area contributed by atoms with E-state index >= 15 is 0 Å².